The first-order valence-corrected chi connectivity index (χ1v) is 4.98. The Kier molecular flexibility index (Phi) is 1.46. The molecule has 0 bridgehead atoms. The summed E-state index contributed by atoms with van der Waals surface area (Å²) in [5, 5.41) is 3.33. The zero-order valence-electron chi connectivity index (χ0n) is 7.58. The molecule has 3 fully saturated rings. The highest BCUT2D eigenvalue weighted by Gasteiger charge is 2.57. The molecule has 2 unspecified atom stereocenters. The second-order valence-corrected chi connectivity index (χ2v) is 4.09. The van der Waals surface area contributed by atoms with E-state index in [1.54, 1.807) is 0 Å². The molecule has 3 rings (SSSR count). The minimum absolute atomic E-state index is 0.206. The lowest BCUT2D eigenvalue weighted by atomic mass is 9.90. The van der Waals surface area contributed by atoms with Gasteiger partial charge in [-0.2, -0.15) is 0 Å². The molecule has 0 aromatic carbocycles. The Balaban J connectivity index is 1.98. The maximum atomic E-state index is 11.6. The molecule has 0 saturated carbocycles. The van der Waals surface area contributed by atoms with Crippen LogP contribution >= 0.6 is 0 Å². The van der Waals surface area contributed by atoms with Crippen molar-refractivity contribution in [1.29, 1.82) is 0 Å². The molecular formula is C9H14N2O2. The number of carbonyl (C=O) groups excluding carboxylic acids is 1. The Bertz CT molecular complexity index is 256. The Morgan fingerprint density at radius 3 is 3.46 bits per heavy atom. The molecule has 3 aliphatic heterocycles. The van der Waals surface area contributed by atoms with Gasteiger partial charge >= 0.3 is 0 Å². The van der Waals surface area contributed by atoms with E-state index >= 15 is 0 Å². The average Bonchev–Trinajstić information content (AvgIpc) is 2.62. The molecule has 13 heavy (non-hydrogen) atoms. The van der Waals surface area contributed by atoms with Crippen molar-refractivity contribution in [3.8, 4) is 0 Å². The summed E-state index contributed by atoms with van der Waals surface area (Å²) in [5.41, 5.74) is -0.206. The van der Waals surface area contributed by atoms with Gasteiger partial charge in [-0.15, -0.1) is 0 Å². The van der Waals surface area contributed by atoms with E-state index in [9.17, 15) is 4.79 Å². The number of piperidine rings is 1. The zero-order valence-corrected chi connectivity index (χ0v) is 7.58. The lowest BCUT2D eigenvalue weighted by Gasteiger charge is -2.39. The number of nitrogens with one attached hydrogen (secondary N) is 1. The summed E-state index contributed by atoms with van der Waals surface area (Å²) in [6.07, 6.45) is 1.64. The lowest BCUT2D eigenvalue weighted by Crippen LogP contribution is -2.53. The summed E-state index contributed by atoms with van der Waals surface area (Å²) < 4.78 is 5.80. The van der Waals surface area contributed by atoms with Gasteiger partial charge in [0.25, 0.3) is 0 Å². The van der Waals surface area contributed by atoms with E-state index in [1.165, 1.54) is 0 Å². The summed E-state index contributed by atoms with van der Waals surface area (Å²) in [5.74, 6) is 0.669. The first-order chi connectivity index (χ1) is 6.33. The van der Waals surface area contributed by atoms with Gasteiger partial charge in [0.15, 0.2) is 0 Å². The molecule has 3 aliphatic rings. The minimum atomic E-state index is -0.206. The van der Waals surface area contributed by atoms with E-state index in [0.717, 1.165) is 32.7 Å². The van der Waals surface area contributed by atoms with Crippen LogP contribution in [-0.4, -0.2) is 42.8 Å². The van der Waals surface area contributed by atoms with Gasteiger partial charge in [-0.25, -0.2) is 0 Å². The van der Waals surface area contributed by atoms with Crippen LogP contribution in [0.15, 0.2) is 0 Å². The maximum absolute atomic E-state index is 11.6. The standard InChI is InChI=1S/C9H14N2O2/c12-8-5-7-6-10-2-1-9(7)11(8)3-4-13-9/h7,10H,1-6H2. The average molecular weight is 182 g/mol. The molecule has 0 aromatic rings. The third-order valence-corrected chi connectivity index (χ3v) is 3.53. The van der Waals surface area contributed by atoms with Crippen LogP contribution in [0, 0.1) is 5.92 Å². The third-order valence-electron chi connectivity index (χ3n) is 3.53. The second kappa shape index (κ2) is 2.45. The van der Waals surface area contributed by atoms with Crippen molar-refractivity contribution in [2.75, 3.05) is 26.2 Å². The maximum Gasteiger partial charge on any atom is 0.225 e. The fourth-order valence-corrected chi connectivity index (χ4v) is 2.92. The number of ether oxygens (including phenoxy) is 1. The molecule has 0 radical (unpaired) electrons. The van der Waals surface area contributed by atoms with Gasteiger partial charge in [0.1, 0.15) is 5.72 Å². The van der Waals surface area contributed by atoms with Crippen LogP contribution in [0.1, 0.15) is 12.8 Å². The quantitative estimate of drug-likeness (QED) is 0.552. The fraction of sp³-hybridized carbons (Fsp3) is 0.889. The topological polar surface area (TPSA) is 41.6 Å². The Hall–Kier alpha value is -0.610. The van der Waals surface area contributed by atoms with Gasteiger partial charge < -0.3 is 15.0 Å². The summed E-state index contributed by atoms with van der Waals surface area (Å²) in [7, 11) is 0. The first kappa shape index (κ1) is 7.76. The van der Waals surface area contributed by atoms with Crippen LogP contribution in [0.3, 0.4) is 0 Å². The van der Waals surface area contributed by atoms with Gasteiger partial charge in [0.2, 0.25) is 5.91 Å². The van der Waals surface area contributed by atoms with E-state index < -0.39 is 0 Å². The monoisotopic (exact) mass is 182 g/mol. The lowest BCUT2D eigenvalue weighted by molar-refractivity contribution is -0.142. The van der Waals surface area contributed by atoms with Crippen molar-refractivity contribution >= 4 is 5.91 Å². The van der Waals surface area contributed by atoms with Crippen LogP contribution in [0.25, 0.3) is 0 Å². The van der Waals surface area contributed by atoms with E-state index in [1.807, 2.05) is 4.90 Å². The van der Waals surface area contributed by atoms with Crippen LogP contribution in [0.2, 0.25) is 0 Å². The third kappa shape index (κ3) is 0.849. The van der Waals surface area contributed by atoms with Crippen molar-refractivity contribution in [1.82, 2.24) is 10.2 Å². The zero-order chi connectivity index (χ0) is 8.89. The molecule has 1 N–H and O–H groups in total. The molecule has 0 aliphatic carbocycles. The smallest absolute Gasteiger partial charge is 0.225 e. The van der Waals surface area contributed by atoms with Crippen LogP contribution < -0.4 is 5.32 Å². The van der Waals surface area contributed by atoms with Crippen molar-refractivity contribution < 1.29 is 9.53 Å². The fourth-order valence-electron chi connectivity index (χ4n) is 2.92. The normalized spacial score (nSPS) is 43.5. The molecular weight excluding hydrogens is 168 g/mol. The summed E-state index contributed by atoms with van der Waals surface area (Å²) >= 11 is 0. The molecule has 3 saturated heterocycles. The largest absolute Gasteiger partial charge is 0.353 e. The van der Waals surface area contributed by atoms with E-state index in [0.29, 0.717) is 12.3 Å². The highest BCUT2D eigenvalue weighted by atomic mass is 16.5. The number of amides is 1. The first-order valence-electron chi connectivity index (χ1n) is 4.98. The SMILES string of the molecule is O=C1CC2CNCCC23OCCN13. The van der Waals surface area contributed by atoms with Gasteiger partial charge in [0.05, 0.1) is 6.61 Å². The predicted molar refractivity (Wildman–Crippen MR) is 46.0 cm³/mol. The van der Waals surface area contributed by atoms with Gasteiger partial charge in [-0.3, -0.25) is 4.79 Å². The number of nitrogens with zero attached hydrogens (tertiary/aromatic N) is 1. The molecule has 1 amide bonds. The molecule has 4 nitrogen and oxygen atoms in total. The summed E-state index contributed by atoms with van der Waals surface area (Å²) in [4.78, 5) is 13.6. The number of hydrogen-bond donors (Lipinski definition) is 1. The van der Waals surface area contributed by atoms with Gasteiger partial charge in [0, 0.05) is 31.8 Å². The molecule has 0 aromatic heterocycles. The Labute approximate surface area is 77.2 Å². The van der Waals surface area contributed by atoms with E-state index in [-0.39, 0.29) is 11.6 Å². The van der Waals surface area contributed by atoms with Crippen LogP contribution in [0.5, 0.6) is 0 Å². The highest BCUT2D eigenvalue weighted by molar-refractivity contribution is 5.80. The minimum Gasteiger partial charge on any atom is -0.353 e. The van der Waals surface area contributed by atoms with Crippen molar-refractivity contribution in [3.63, 3.8) is 0 Å². The second-order valence-electron chi connectivity index (χ2n) is 4.09. The predicted octanol–water partition coefficient (Wildman–Crippen LogP) is -0.445. The van der Waals surface area contributed by atoms with Crippen molar-refractivity contribution in [3.05, 3.63) is 0 Å². The van der Waals surface area contributed by atoms with Gasteiger partial charge in [-0.05, 0) is 6.54 Å². The molecule has 4 heteroatoms. The van der Waals surface area contributed by atoms with E-state index in [2.05, 4.69) is 5.32 Å². The summed E-state index contributed by atoms with van der Waals surface area (Å²) in [6.45, 7) is 3.43. The number of carbonyl (C=O) groups is 1. The number of rotatable bonds is 0. The van der Waals surface area contributed by atoms with E-state index in [4.69, 9.17) is 4.74 Å². The molecule has 1 spiro atoms. The van der Waals surface area contributed by atoms with Crippen molar-refractivity contribution in [2.24, 2.45) is 5.92 Å². The van der Waals surface area contributed by atoms with Gasteiger partial charge in [-0.1, -0.05) is 0 Å². The van der Waals surface area contributed by atoms with Crippen LogP contribution in [0.4, 0.5) is 0 Å². The Morgan fingerprint density at radius 1 is 1.62 bits per heavy atom. The highest BCUT2D eigenvalue weighted by Crippen LogP contribution is 2.43. The molecule has 3 heterocycles. The number of hydrogen-bond acceptors (Lipinski definition) is 3. The summed E-state index contributed by atoms with van der Waals surface area (Å²) in [6, 6.07) is 0. The molecule has 72 valence electrons. The van der Waals surface area contributed by atoms with Crippen LogP contribution in [-0.2, 0) is 9.53 Å². The van der Waals surface area contributed by atoms with Crippen molar-refractivity contribution in [2.45, 2.75) is 18.6 Å². The Morgan fingerprint density at radius 2 is 2.54 bits per heavy atom. The molecule has 2 atom stereocenters.